The van der Waals surface area contributed by atoms with Gasteiger partial charge in [0.25, 0.3) is 0 Å². The number of rotatable bonds is 9. The van der Waals surface area contributed by atoms with Crippen LogP contribution in [0.3, 0.4) is 0 Å². The van der Waals surface area contributed by atoms with Crippen molar-refractivity contribution in [3.05, 3.63) is 12.2 Å². The summed E-state index contributed by atoms with van der Waals surface area (Å²) in [5.41, 5.74) is 0. The number of ether oxygens (including phenoxy) is 1. The third-order valence-electron chi connectivity index (χ3n) is 2.23. The first-order valence-corrected chi connectivity index (χ1v) is 5.93. The van der Waals surface area contributed by atoms with Crippen LogP contribution in [-0.2, 0) is 19.1 Å². The Bertz CT molecular complexity index is 281. The Morgan fingerprint density at radius 1 is 1.29 bits per heavy atom. The predicted molar refractivity (Wildman–Crippen MR) is 64.5 cm³/mol. The van der Waals surface area contributed by atoms with E-state index in [9.17, 15) is 14.4 Å². The van der Waals surface area contributed by atoms with Gasteiger partial charge in [-0.05, 0) is 18.9 Å². The largest absolute Gasteiger partial charge is 0.463 e. The van der Waals surface area contributed by atoms with Crippen molar-refractivity contribution in [2.45, 2.75) is 39.5 Å². The van der Waals surface area contributed by atoms with Crippen LogP contribution in [0.25, 0.3) is 0 Å². The lowest BCUT2D eigenvalue weighted by molar-refractivity contribution is -0.138. The molecule has 0 aliphatic rings. The number of carbonyl (C=O) groups excluding carboxylic acids is 3. The first kappa shape index (κ1) is 15.6. The van der Waals surface area contributed by atoms with Gasteiger partial charge in [0.05, 0.1) is 6.61 Å². The molecule has 0 aromatic carbocycles. The molecule has 0 heterocycles. The van der Waals surface area contributed by atoms with Crippen molar-refractivity contribution < 1.29 is 19.1 Å². The second kappa shape index (κ2) is 9.75. The highest BCUT2D eigenvalue weighted by molar-refractivity contribution is 5.95. The van der Waals surface area contributed by atoms with E-state index < -0.39 is 5.97 Å². The van der Waals surface area contributed by atoms with Gasteiger partial charge in [0.2, 0.25) is 0 Å². The lowest BCUT2D eigenvalue weighted by Crippen LogP contribution is -2.04. The summed E-state index contributed by atoms with van der Waals surface area (Å²) in [5.74, 6) is -0.773. The number of ketones is 1. The van der Waals surface area contributed by atoms with Crippen LogP contribution in [0.4, 0.5) is 0 Å². The quantitative estimate of drug-likeness (QED) is 0.268. The highest BCUT2D eigenvalue weighted by Gasteiger charge is 2.04. The third kappa shape index (κ3) is 9.48. The molecule has 0 spiro atoms. The molecule has 0 amide bonds. The lowest BCUT2D eigenvalue weighted by atomic mass is 10.1. The topological polar surface area (TPSA) is 60.4 Å². The van der Waals surface area contributed by atoms with Crippen LogP contribution in [0.5, 0.6) is 0 Å². The first-order valence-electron chi connectivity index (χ1n) is 5.93. The number of carbonyl (C=O) groups is 3. The number of hydrogen-bond acceptors (Lipinski definition) is 4. The zero-order valence-corrected chi connectivity index (χ0v) is 10.5. The van der Waals surface area contributed by atoms with Crippen molar-refractivity contribution in [1.82, 2.24) is 0 Å². The minimum absolute atomic E-state index is 0.121. The molecule has 17 heavy (non-hydrogen) atoms. The van der Waals surface area contributed by atoms with Crippen LogP contribution in [0.1, 0.15) is 39.5 Å². The van der Waals surface area contributed by atoms with E-state index in [2.05, 4.69) is 0 Å². The summed E-state index contributed by atoms with van der Waals surface area (Å²) >= 11 is 0. The van der Waals surface area contributed by atoms with Gasteiger partial charge in [-0.3, -0.25) is 4.79 Å². The van der Waals surface area contributed by atoms with E-state index in [1.165, 1.54) is 6.08 Å². The van der Waals surface area contributed by atoms with Crippen LogP contribution in [0.2, 0.25) is 0 Å². The summed E-state index contributed by atoms with van der Waals surface area (Å²) in [4.78, 5) is 32.7. The fourth-order valence-corrected chi connectivity index (χ4v) is 1.05. The number of unbranched alkanes of at least 4 members (excludes halogenated alkanes) is 1. The van der Waals surface area contributed by atoms with Gasteiger partial charge >= 0.3 is 5.97 Å². The molecule has 0 bridgehead atoms. The van der Waals surface area contributed by atoms with Crippen molar-refractivity contribution >= 4 is 18.0 Å². The Morgan fingerprint density at radius 3 is 2.59 bits per heavy atom. The van der Waals surface area contributed by atoms with Crippen molar-refractivity contribution in [3.8, 4) is 0 Å². The van der Waals surface area contributed by atoms with Crippen LogP contribution < -0.4 is 0 Å². The second-order valence-electron chi connectivity index (χ2n) is 3.97. The Morgan fingerprint density at radius 2 is 2.00 bits per heavy atom. The SMILES string of the molecule is CCCCOC(=O)/C=C/C(=O)CCC(C)C=O. The molecule has 0 aromatic heterocycles. The van der Waals surface area contributed by atoms with E-state index in [1.54, 1.807) is 6.92 Å². The fraction of sp³-hybridized carbons (Fsp3) is 0.615. The summed E-state index contributed by atoms with van der Waals surface area (Å²) < 4.78 is 4.85. The molecule has 0 aliphatic carbocycles. The molecule has 0 aromatic rings. The maximum absolute atomic E-state index is 11.3. The van der Waals surface area contributed by atoms with Crippen LogP contribution in [-0.4, -0.2) is 24.6 Å². The minimum atomic E-state index is -0.491. The van der Waals surface area contributed by atoms with E-state index >= 15 is 0 Å². The fourth-order valence-electron chi connectivity index (χ4n) is 1.05. The minimum Gasteiger partial charge on any atom is -0.463 e. The smallest absolute Gasteiger partial charge is 0.330 e. The molecule has 96 valence electrons. The molecule has 0 fully saturated rings. The molecule has 4 nitrogen and oxygen atoms in total. The molecule has 1 atom stereocenters. The average molecular weight is 240 g/mol. The Balaban J connectivity index is 3.78. The Hall–Kier alpha value is -1.45. The monoisotopic (exact) mass is 240 g/mol. The van der Waals surface area contributed by atoms with Crippen molar-refractivity contribution in [2.24, 2.45) is 5.92 Å². The predicted octanol–water partition coefficient (Wildman–Crippen LogP) is 2.07. The van der Waals surface area contributed by atoms with E-state index in [0.717, 1.165) is 25.2 Å². The highest BCUT2D eigenvalue weighted by atomic mass is 16.5. The number of aldehydes is 1. The van der Waals surface area contributed by atoms with Crippen molar-refractivity contribution in [3.63, 3.8) is 0 Å². The zero-order chi connectivity index (χ0) is 13.1. The highest BCUT2D eigenvalue weighted by Crippen LogP contribution is 2.03. The van der Waals surface area contributed by atoms with Gasteiger partial charge in [-0.2, -0.15) is 0 Å². The maximum Gasteiger partial charge on any atom is 0.330 e. The normalized spacial score (nSPS) is 12.4. The molecular weight excluding hydrogens is 220 g/mol. The molecule has 1 unspecified atom stereocenters. The summed E-state index contributed by atoms with van der Waals surface area (Å²) in [6.45, 7) is 4.14. The molecule has 4 heteroatoms. The van der Waals surface area contributed by atoms with Crippen LogP contribution >= 0.6 is 0 Å². The average Bonchev–Trinajstić information content (AvgIpc) is 2.33. The van der Waals surface area contributed by atoms with Crippen LogP contribution in [0.15, 0.2) is 12.2 Å². The van der Waals surface area contributed by atoms with E-state index in [1.807, 2.05) is 6.92 Å². The Labute approximate surface area is 102 Å². The zero-order valence-electron chi connectivity index (χ0n) is 10.5. The van der Waals surface area contributed by atoms with Gasteiger partial charge in [-0.15, -0.1) is 0 Å². The van der Waals surface area contributed by atoms with Gasteiger partial charge in [0.1, 0.15) is 6.29 Å². The molecule has 0 saturated heterocycles. The summed E-state index contributed by atoms with van der Waals surface area (Å²) in [6.07, 6.45) is 5.74. The Kier molecular flexibility index (Phi) is 8.92. The molecule has 0 rings (SSSR count). The second-order valence-corrected chi connectivity index (χ2v) is 3.97. The number of esters is 1. The van der Waals surface area contributed by atoms with Gasteiger partial charge in [0, 0.05) is 18.4 Å². The van der Waals surface area contributed by atoms with E-state index in [-0.39, 0.29) is 18.1 Å². The number of allylic oxidation sites excluding steroid dienone is 1. The summed E-state index contributed by atoms with van der Waals surface area (Å²) in [6, 6.07) is 0. The first-order chi connectivity index (χ1) is 8.10. The summed E-state index contributed by atoms with van der Waals surface area (Å²) in [5, 5.41) is 0. The van der Waals surface area contributed by atoms with Gasteiger partial charge in [0.15, 0.2) is 5.78 Å². The van der Waals surface area contributed by atoms with Crippen LogP contribution in [0, 0.1) is 5.92 Å². The van der Waals surface area contributed by atoms with Crippen molar-refractivity contribution in [2.75, 3.05) is 6.61 Å². The van der Waals surface area contributed by atoms with E-state index in [0.29, 0.717) is 13.0 Å². The lowest BCUT2D eigenvalue weighted by Gasteiger charge is -2.00. The molecule has 0 radical (unpaired) electrons. The molecular formula is C13H20O4. The maximum atomic E-state index is 11.3. The van der Waals surface area contributed by atoms with Gasteiger partial charge in [-0.25, -0.2) is 4.79 Å². The third-order valence-corrected chi connectivity index (χ3v) is 2.23. The molecule has 0 aliphatic heterocycles. The van der Waals surface area contributed by atoms with E-state index in [4.69, 9.17) is 4.74 Å². The number of hydrogen-bond donors (Lipinski definition) is 0. The molecule has 0 N–H and O–H groups in total. The summed E-state index contributed by atoms with van der Waals surface area (Å²) in [7, 11) is 0. The molecule has 0 saturated carbocycles. The standard InChI is InChI=1S/C13H20O4/c1-3-4-9-17-13(16)8-7-12(15)6-5-11(2)10-14/h7-8,10-11H,3-6,9H2,1-2H3/b8-7+. The van der Waals surface area contributed by atoms with Crippen molar-refractivity contribution in [1.29, 1.82) is 0 Å². The van der Waals surface area contributed by atoms with Gasteiger partial charge < -0.3 is 9.53 Å². The van der Waals surface area contributed by atoms with Gasteiger partial charge in [-0.1, -0.05) is 20.3 Å².